The molecular weight excluding hydrogens is 322 g/mol. The van der Waals surface area contributed by atoms with E-state index in [0.29, 0.717) is 31.1 Å². The highest BCUT2D eigenvalue weighted by molar-refractivity contribution is 5.89. The van der Waals surface area contributed by atoms with Gasteiger partial charge in [-0.15, -0.1) is 0 Å². The molecule has 2 saturated carbocycles. The lowest BCUT2D eigenvalue weighted by molar-refractivity contribution is -0.145. The molecule has 0 spiro atoms. The topological polar surface area (TPSA) is 98.7 Å². The molecule has 0 bridgehead atoms. The molecule has 2 aliphatic carbocycles. The van der Waals surface area contributed by atoms with E-state index in [1.54, 1.807) is 19.1 Å². The normalized spacial score (nSPS) is 21.8. The Hall–Kier alpha value is -2.57. The summed E-state index contributed by atoms with van der Waals surface area (Å²) in [5.74, 6) is -1.07. The molecule has 0 heterocycles. The fraction of sp³-hybridized carbons (Fsp3) is 0.500. The van der Waals surface area contributed by atoms with Crippen molar-refractivity contribution in [2.75, 3.05) is 5.32 Å². The zero-order valence-corrected chi connectivity index (χ0v) is 14.2. The summed E-state index contributed by atoms with van der Waals surface area (Å²) in [5, 5.41) is 14.3. The number of nitrogens with one attached hydrogen (secondary N) is 2. The predicted octanol–water partition coefficient (Wildman–Crippen LogP) is 2.18. The van der Waals surface area contributed by atoms with Crippen molar-refractivity contribution in [1.82, 2.24) is 10.2 Å². The molecule has 2 fully saturated rings. The first-order valence-corrected chi connectivity index (χ1v) is 8.59. The molecule has 1 aromatic carbocycles. The number of urea groups is 1. The van der Waals surface area contributed by atoms with Crippen LogP contribution in [0.3, 0.4) is 0 Å². The third-order valence-electron chi connectivity index (χ3n) is 4.78. The highest BCUT2D eigenvalue weighted by Crippen LogP contribution is 2.29. The average molecular weight is 345 g/mol. The molecule has 0 aromatic heterocycles. The lowest BCUT2D eigenvalue weighted by atomic mass is 9.80. The highest BCUT2D eigenvalue weighted by atomic mass is 16.4. The van der Waals surface area contributed by atoms with Crippen LogP contribution in [0.4, 0.5) is 10.5 Å². The van der Waals surface area contributed by atoms with Gasteiger partial charge in [0.25, 0.3) is 0 Å². The highest BCUT2D eigenvalue weighted by Gasteiger charge is 2.35. The van der Waals surface area contributed by atoms with Gasteiger partial charge in [0.05, 0.1) is 5.92 Å². The SMILES string of the molecule is CC(=O)N(Cc1ccc(NC(=O)NC2CC(C(=O)O)C2)cc1)C1CC1. The van der Waals surface area contributed by atoms with Crippen molar-refractivity contribution in [2.24, 2.45) is 5.92 Å². The van der Waals surface area contributed by atoms with Gasteiger partial charge in [0.1, 0.15) is 0 Å². The van der Waals surface area contributed by atoms with Crippen LogP contribution in [0.2, 0.25) is 0 Å². The fourth-order valence-corrected chi connectivity index (χ4v) is 3.06. The number of amides is 3. The van der Waals surface area contributed by atoms with Crippen molar-refractivity contribution in [3.8, 4) is 0 Å². The Morgan fingerprint density at radius 2 is 1.80 bits per heavy atom. The molecule has 0 aliphatic heterocycles. The maximum Gasteiger partial charge on any atom is 0.319 e. The van der Waals surface area contributed by atoms with E-state index in [1.165, 1.54) is 0 Å². The molecule has 3 rings (SSSR count). The number of carbonyl (C=O) groups is 3. The Morgan fingerprint density at radius 3 is 2.32 bits per heavy atom. The van der Waals surface area contributed by atoms with E-state index in [1.807, 2.05) is 17.0 Å². The van der Waals surface area contributed by atoms with Crippen molar-refractivity contribution >= 4 is 23.6 Å². The second-order valence-corrected chi connectivity index (χ2v) is 6.88. The van der Waals surface area contributed by atoms with Gasteiger partial charge in [-0.25, -0.2) is 4.79 Å². The molecule has 7 heteroatoms. The number of carbonyl (C=O) groups excluding carboxylic acids is 2. The van der Waals surface area contributed by atoms with Crippen molar-refractivity contribution in [3.63, 3.8) is 0 Å². The van der Waals surface area contributed by atoms with Gasteiger partial charge in [0.15, 0.2) is 0 Å². The molecule has 7 nitrogen and oxygen atoms in total. The quantitative estimate of drug-likeness (QED) is 0.736. The van der Waals surface area contributed by atoms with Crippen molar-refractivity contribution in [1.29, 1.82) is 0 Å². The summed E-state index contributed by atoms with van der Waals surface area (Å²) in [4.78, 5) is 36.2. The van der Waals surface area contributed by atoms with Crippen LogP contribution in [0, 0.1) is 5.92 Å². The summed E-state index contributed by atoms with van der Waals surface area (Å²) < 4.78 is 0. The van der Waals surface area contributed by atoms with E-state index in [4.69, 9.17) is 5.11 Å². The van der Waals surface area contributed by atoms with Gasteiger partial charge in [-0.1, -0.05) is 12.1 Å². The zero-order chi connectivity index (χ0) is 18.0. The number of anilines is 1. The third-order valence-corrected chi connectivity index (χ3v) is 4.78. The van der Waals surface area contributed by atoms with Crippen LogP contribution in [0.15, 0.2) is 24.3 Å². The van der Waals surface area contributed by atoms with Gasteiger partial charge in [-0.3, -0.25) is 9.59 Å². The predicted molar refractivity (Wildman–Crippen MR) is 92.0 cm³/mol. The molecule has 0 unspecified atom stereocenters. The van der Waals surface area contributed by atoms with E-state index in [2.05, 4.69) is 10.6 Å². The van der Waals surface area contributed by atoms with Crippen LogP contribution in [0.25, 0.3) is 0 Å². The molecule has 0 radical (unpaired) electrons. The number of aliphatic carboxylic acids is 1. The van der Waals surface area contributed by atoms with Crippen LogP contribution in [0.1, 0.15) is 38.2 Å². The molecule has 1 aromatic rings. The van der Waals surface area contributed by atoms with Gasteiger partial charge >= 0.3 is 12.0 Å². The maximum absolute atomic E-state index is 11.9. The lowest BCUT2D eigenvalue weighted by Crippen LogP contribution is -2.48. The summed E-state index contributed by atoms with van der Waals surface area (Å²) in [7, 11) is 0. The zero-order valence-electron chi connectivity index (χ0n) is 14.2. The van der Waals surface area contributed by atoms with Crippen LogP contribution in [-0.4, -0.2) is 40.0 Å². The maximum atomic E-state index is 11.9. The third kappa shape index (κ3) is 4.49. The molecular formula is C18H23N3O4. The molecule has 0 atom stereocenters. The van der Waals surface area contributed by atoms with Gasteiger partial charge in [0.2, 0.25) is 5.91 Å². The van der Waals surface area contributed by atoms with Crippen LogP contribution in [-0.2, 0) is 16.1 Å². The minimum atomic E-state index is -0.806. The standard InChI is InChI=1S/C18H23N3O4/c1-11(22)21(16-6-7-16)10-12-2-4-14(5-3-12)19-18(25)20-15-8-13(9-15)17(23)24/h2-5,13,15-16H,6-10H2,1H3,(H,23,24)(H2,19,20,25). The number of hydrogen-bond acceptors (Lipinski definition) is 3. The van der Waals surface area contributed by atoms with Gasteiger partial charge in [-0.2, -0.15) is 0 Å². The Kier molecular flexibility index (Phi) is 4.92. The number of benzene rings is 1. The first-order chi connectivity index (χ1) is 11.9. The number of carboxylic acid groups (broad SMARTS) is 1. The minimum Gasteiger partial charge on any atom is -0.481 e. The first kappa shape index (κ1) is 17.3. The fourth-order valence-electron chi connectivity index (χ4n) is 3.06. The number of carboxylic acids is 1. The summed E-state index contributed by atoms with van der Waals surface area (Å²) in [6.07, 6.45) is 3.10. The number of hydrogen-bond donors (Lipinski definition) is 3. The second kappa shape index (κ2) is 7.13. The van der Waals surface area contributed by atoms with Crippen molar-refractivity contribution in [2.45, 2.75) is 51.2 Å². The van der Waals surface area contributed by atoms with E-state index < -0.39 is 5.97 Å². The van der Waals surface area contributed by atoms with E-state index in [9.17, 15) is 14.4 Å². The van der Waals surface area contributed by atoms with Gasteiger partial charge in [0, 0.05) is 31.2 Å². The summed E-state index contributed by atoms with van der Waals surface area (Å²) >= 11 is 0. The van der Waals surface area contributed by atoms with Crippen LogP contribution < -0.4 is 10.6 Å². The Balaban J connectivity index is 1.46. The molecule has 2 aliphatic rings. The monoisotopic (exact) mass is 345 g/mol. The minimum absolute atomic E-state index is 0.0805. The largest absolute Gasteiger partial charge is 0.481 e. The van der Waals surface area contributed by atoms with E-state index in [0.717, 1.165) is 18.4 Å². The Morgan fingerprint density at radius 1 is 1.16 bits per heavy atom. The summed E-state index contributed by atoms with van der Waals surface area (Å²) in [6.45, 7) is 2.18. The molecule has 3 amide bonds. The average Bonchev–Trinajstić information content (AvgIpc) is 3.33. The molecule has 25 heavy (non-hydrogen) atoms. The van der Waals surface area contributed by atoms with Crippen LogP contribution >= 0.6 is 0 Å². The second-order valence-electron chi connectivity index (χ2n) is 6.88. The number of nitrogens with zero attached hydrogens (tertiary/aromatic N) is 1. The summed E-state index contributed by atoms with van der Waals surface area (Å²) in [5.41, 5.74) is 1.69. The number of rotatable bonds is 6. The Labute approximate surface area is 146 Å². The Bertz CT molecular complexity index is 663. The van der Waals surface area contributed by atoms with E-state index in [-0.39, 0.29) is 23.9 Å². The van der Waals surface area contributed by atoms with Crippen molar-refractivity contribution in [3.05, 3.63) is 29.8 Å². The lowest BCUT2D eigenvalue weighted by Gasteiger charge is -2.32. The van der Waals surface area contributed by atoms with Gasteiger partial charge < -0.3 is 20.6 Å². The molecule has 3 N–H and O–H groups in total. The first-order valence-electron chi connectivity index (χ1n) is 8.59. The molecule has 134 valence electrons. The van der Waals surface area contributed by atoms with E-state index >= 15 is 0 Å². The smallest absolute Gasteiger partial charge is 0.319 e. The molecule has 0 saturated heterocycles. The van der Waals surface area contributed by atoms with Gasteiger partial charge in [-0.05, 0) is 43.4 Å². The van der Waals surface area contributed by atoms with Crippen LogP contribution in [0.5, 0.6) is 0 Å². The van der Waals surface area contributed by atoms with Crippen molar-refractivity contribution < 1.29 is 19.5 Å². The summed E-state index contributed by atoms with van der Waals surface area (Å²) in [6, 6.07) is 7.38.